The van der Waals surface area contributed by atoms with E-state index in [2.05, 4.69) is 35.4 Å². The highest BCUT2D eigenvalue weighted by Crippen LogP contribution is 2.18. The standard InChI is InChI=1S/C23H29N3O3/c1-3-26(4-2)16-17-8-5-10-19(14-17)24-22(27)18-9-6-11-20(15-18)25-23(28)21-12-7-13-29-21/h5-6,8-11,14-15,21H,3-4,7,12-13,16H2,1-2H3,(H,24,27)(H,25,28). The van der Waals surface area contributed by atoms with Crippen LogP contribution in [0.5, 0.6) is 0 Å². The third-order valence-corrected chi connectivity index (χ3v) is 5.10. The summed E-state index contributed by atoms with van der Waals surface area (Å²) >= 11 is 0. The van der Waals surface area contributed by atoms with Crippen LogP contribution in [0.4, 0.5) is 11.4 Å². The van der Waals surface area contributed by atoms with E-state index in [1.807, 2.05) is 18.2 Å². The Morgan fingerprint density at radius 2 is 1.76 bits per heavy atom. The van der Waals surface area contributed by atoms with Crippen LogP contribution in [0.15, 0.2) is 48.5 Å². The Morgan fingerprint density at radius 3 is 2.45 bits per heavy atom. The van der Waals surface area contributed by atoms with Crippen LogP contribution in [0.25, 0.3) is 0 Å². The summed E-state index contributed by atoms with van der Waals surface area (Å²) < 4.78 is 5.40. The molecule has 2 aromatic rings. The summed E-state index contributed by atoms with van der Waals surface area (Å²) in [6.07, 6.45) is 1.23. The van der Waals surface area contributed by atoms with Crippen LogP contribution in [0.1, 0.15) is 42.6 Å². The Balaban J connectivity index is 1.64. The van der Waals surface area contributed by atoms with Crippen molar-refractivity contribution in [2.24, 2.45) is 0 Å². The molecule has 6 nitrogen and oxygen atoms in total. The topological polar surface area (TPSA) is 70.7 Å². The molecule has 0 aliphatic carbocycles. The van der Waals surface area contributed by atoms with Gasteiger partial charge in [0.1, 0.15) is 6.10 Å². The number of carbonyl (C=O) groups is 2. The Labute approximate surface area is 172 Å². The highest BCUT2D eigenvalue weighted by Gasteiger charge is 2.23. The van der Waals surface area contributed by atoms with Crippen molar-refractivity contribution in [3.63, 3.8) is 0 Å². The van der Waals surface area contributed by atoms with Crippen LogP contribution >= 0.6 is 0 Å². The second-order valence-corrected chi connectivity index (χ2v) is 7.19. The third kappa shape index (κ3) is 5.89. The van der Waals surface area contributed by atoms with Crippen molar-refractivity contribution in [1.29, 1.82) is 0 Å². The molecular weight excluding hydrogens is 366 g/mol. The Bertz CT molecular complexity index is 843. The summed E-state index contributed by atoms with van der Waals surface area (Å²) in [6, 6.07) is 14.8. The second-order valence-electron chi connectivity index (χ2n) is 7.19. The number of carbonyl (C=O) groups excluding carboxylic acids is 2. The van der Waals surface area contributed by atoms with Gasteiger partial charge in [0.05, 0.1) is 0 Å². The number of rotatable bonds is 8. The molecule has 0 saturated carbocycles. The fourth-order valence-electron chi connectivity index (χ4n) is 3.40. The van der Waals surface area contributed by atoms with E-state index < -0.39 is 6.10 Å². The molecule has 2 aromatic carbocycles. The molecule has 154 valence electrons. The van der Waals surface area contributed by atoms with Gasteiger partial charge in [-0.15, -0.1) is 0 Å². The zero-order valence-electron chi connectivity index (χ0n) is 17.1. The molecule has 0 radical (unpaired) electrons. The van der Waals surface area contributed by atoms with Gasteiger partial charge in [-0.25, -0.2) is 0 Å². The molecule has 1 aliphatic heterocycles. The van der Waals surface area contributed by atoms with E-state index in [1.165, 1.54) is 0 Å². The summed E-state index contributed by atoms with van der Waals surface area (Å²) in [6.45, 7) is 7.71. The molecule has 2 amide bonds. The van der Waals surface area contributed by atoms with Crippen LogP contribution in [0.2, 0.25) is 0 Å². The van der Waals surface area contributed by atoms with Gasteiger partial charge in [-0.1, -0.05) is 32.0 Å². The molecular formula is C23H29N3O3. The van der Waals surface area contributed by atoms with E-state index in [9.17, 15) is 9.59 Å². The number of hydrogen-bond donors (Lipinski definition) is 2. The maximum Gasteiger partial charge on any atom is 0.255 e. The summed E-state index contributed by atoms with van der Waals surface area (Å²) in [7, 11) is 0. The lowest BCUT2D eigenvalue weighted by Gasteiger charge is -2.18. The fourth-order valence-corrected chi connectivity index (χ4v) is 3.40. The van der Waals surface area contributed by atoms with Gasteiger partial charge in [-0.3, -0.25) is 14.5 Å². The highest BCUT2D eigenvalue weighted by atomic mass is 16.5. The minimum Gasteiger partial charge on any atom is -0.368 e. The molecule has 1 saturated heterocycles. The maximum absolute atomic E-state index is 12.7. The summed E-state index contributed by atoms with van der Waals surface area (Å²) in [5, 5.41) is 5.79. The predicted molar refractivity (Wildman–Crippen MR) is 115 cm³/mol. The second kappa shape index (κ2) is 10.2. The zero-order valence-corrected chi connectivity index (χ0v) is 17.1. The molecule has 6 heteroatoms. The summed E-state index contributed by atoms with van der Waals surface area (Å²) in [5.41, 5.74) is 3.00. The van der Waals surface area contributed by atoms with Gasteiger partial charge in [0.25, 0.3) is 11.8 Å². The van der Waals surface area contributed by atoms with Crippen molar-refractivity contribution in [1.82, 2.24) is 4.90 Å². The van der Waals surface area contributed by atoms with Crippen LogP contribution in [-0.4, -0.2) is 42.5 Å². The van der Waals surface area contributed by atoms with Gasteiger partial charge >= 0.3 is 0 Å². The SMILES string of the molecule is CCN(CC)Cc1cccc(NC(=O)c2cccc(NC(=O)C3CCCO3)c2)c1. The molecule has 1 heterocycles. The molecule has 0 bridgehead atoms. The first-order valence-corrected chi connectivity index (χ1v) is 10.2. The molecule has 1 unspecified atom stereocenters. The largest absolute Gasteiger partial charge is 0.368 e. The minimum atomic E-state index is -0.402. The van der Waals surface area contributed by atoms with Gasteiger partial charge in [0.15, 0.2) is 0 Å². The zero-order chi connectivity index (χ0) is 20.6. The van der Waals surface area contributed by atoms with Gasteiger partial charge in [0, 0.05) is 30.1 Å². The first-order chi connectivity index (χ1) is 14.1. The predicted octanol–water partition coefficient (Wildman–Crippen LogP) is 3.90. The molecule has 0 aromatic heterocycles. The smallest absolute Gasteiger partial charge is 0.255 e. The average Bonchev–Trinajstić information content (AvgIpc) is 3.27. The van der Waals surface area contributed by atoms with E-state index >= 15 is 0 Å². The molecule has 2 N–H and O–H groups in total. The number of benzene rings is 2. The van der Waals surface area contributed by atoms with E-state index in [0.717, 1.165) is 43.7 Å². The van der Waals surface area contributed by atoms with Crippen molar-refractivity contribution >= 4 is 23.2 Å². The molecule has 1 aliphatic rings. The van der Waals surface area contributed by atoms with E-state index in [4.69, 9.17) is 4.74 Å². The molecule has 1 fully saturated rings. The first kappa shape index (κ1) is 21.0. The van der Waals surface area contributed by atoms with Gasteiger partial charge in [-0.2, -0.15) is 0 Å². The Kier molecular flexibility index (Phi) is 7.38. The number of nitrogens with zero attached hydrogens (tertiary/aromatic N) is 1. The van der Waals surface area contributed by atoms with E-state index in [0.29, 0.717) is 17.9 Å². The number of hydrogen-bond acceptors (Lipinski definition) is 4. The molecule has 3 rings (SSSR count). The molecule has 1 atom stereocenters. The van der Waals surface area contributed by atoms with Crippen LogP contribution in [0, 0.1) is 0 Å². The third-order valence-electron chi connectivity index (χ3n) is 5.10. The maximum atomic E-state index is 12.7. The van der Waals surface area contributed by atoms with Crippen LogP contribution in [-0.2, 0) is 16.1 Å². The van der Waals surface area contributed by atoms with Gasteiger partial charge in [-0.05, 0) is 61.8 Å². The van der Waals surface area contributed by atoms with Gasteiger partial charge < -0.3 is 15.4 Å². The highest BCUT2D eigenvalue weighted by molar-refractivity contribution is 6.05. The number of nitrogens with one attached hydrogen (secondary N) is 2. The Hall–Kier alpha value is -2.70. The first-order valence-electron chi connectivity index (χ1n) is 10.2. The van der Waals surface area contributed by atoms with E-state index in [-0.39, 0.29) is 11.8 Å². The van der Waals surface area contributed by atoms with Crippen molar-refractivity contribution in [2.45, 2.75) is 39.3 Å². The van der Waals surface area contributed by atoms with Crippen molar-refractivity contribution in [3.8, 4) is 0 Å². The number of anilines is 2. The van der Waals surface area contributed by atoms with Crippen molar-refractivity contribution in [3.05, 3.63) is 59.7 Å². The van der Waals surface area contributed by atoms with Crippen LogP contribution < -0.4 is 10.6 Å². The number of ether oxygens (including phenoxy) is 1. The van der Waals surface area contributed by atoms with Crippen molar-refractivity contribution in [2.75, 3.05) is 30.3 Å². The van der Waals surface area contributed by atoms with Gasteiger partial charge in [0.2, 0.25) is 0 Å². The fraction of sp³-hybridized carbons (Fsp3) is 0.391. The minimum absolute atomic E-state index is 0.163. The molecule has 0 spiro atoms. The normalized spacial score (nSPS) is 16.0. The lowest BCUT2D eigenvalue weighted by molar-refractivity contribution is -0.124. The quantitative estimate of drug-likeness (QED) is 0.711. The lowest BCUT2D eigenvalue weighted by atomic mass is 10.1. The average molecular weight is 396 g/mol. The monoisotopic (exact) mass is 395 g/mol. The number of amides is 2. The lowest BCUT2D eigenvalue weighted by Crippen LogP contribution is -2.27. The summed E-state index contributed by atoms with van der Waals surface area (Å²) in [4.78, 5) is 27.2. The van der Waals surface area contributed by atoms with E-state index in [1.54, 1.807) is 24.3 Å². The van der Waals surface area contributed by atoms with Crippen molar-refractivity contribution < 1.29 is 14.3 Å². The van der Waals surface area contributed by atoms with Crippen LogP contribution in [0.3, 0.4) is 0 Å². The Morgan fingerprint density at radius 1 is 1.03 bits per heavy atom. The summed E-state index contributed by atoms with van der Waals surface area (Å²) in [5.74, 6) is -0.373. The molecule has 29 heavy (non-hydrogen) atoms.